The molecule has 0 fully saturated rings. The summed E-state index contributed by atoms with van der Waals surface area (Å²) in [6, 6.07) is 11.4. The summed E-state index contributed by atoms with van der Waals surface area (Å²) in [5.41, 5.74) is -1.56. The van der Waals surface area contributed by atoms with Crippen LogP contribution < -0.4 is 4.31 Å². The Labute approximate surface area is 206 Å². The predicted octanol–water partition coefficient (Wildman–Crippen LogP) is 5.50. The molecule has 0 amide bonds. The molecule has 0 aliphatic carbocycles. The van der Waals surface area contributed by atoms with Gasteiger partial charge in [-0.25, -0.2) is 13.2 Å². The summed E-state index contributed by atoms with van der Waals surface area (Å²) in [7, 11) is -4.38. The van der Waals surface area contributed by atoms with Crippen LogP contribution in [-0.2, 0) is 22.7 Å². The number of aromatic nitrogens is 2. The molecular formula is C23H15BrF3N3O4S. The summed E-state index contributed by atoms with van der Waals surface area (Å²) in [5.74, 6) is -1.49. The van der Waals surface area contributed by atoms with Crippen molar-refractivity contribution in [2.45, 2.75) is 17.6 Å². The maximum absolute atomic E-state index is 13.8. The van der Waals surface area contributed by atoms with Gasteiger partial charge >= 0.3 is 12.1 Å². The lowest BCUT2D eigenvalue weighted by atomic mass is 10.1. The molecule has 0 unspecified atom stereocenters. The van der Waals surface area contributed by atoms with Crippen molar-refractivity contribution in [2.75, 3.05) is 4.31 Å². The Bertz CT molecular complexity index is 1510. The predicted molar refractivity (Wildman–Crippen MR) is 125 cm³/mol. The van der Waals surface area contributed by atoms with Gasteiger partial charge in [0, 0.05) is 28.4 Å². The zero-order valence-corrected chi connectivity index (χ0v) is 20.0. The number of aromatic carboxylic acids is 1. The minimum atomic E-state index is -4.67. The Morgan fingerprint density at radius 1 is 1.06 bits per heavy atom. The van der Waals surface area contributed by atoms with Gasteiger partial charge in [-0.1, -0.05) is 28.1 Å². The first-order chi connectivity index (χ1) is 16.5. The summed E-state index contributed by atoms with van der Waals surface area (Å²) >= 11 is 3.24. The molecule has 35 heavy (non-hydrogen) atoms. The standard InChI is InChI=1S/C23H15BrF3N3O4S/c24-16-4-6-17(7-5-16)35(33,34)30(13-14-2-1-9-28-11-14)21-18-8-3-15(23(25,26)27)10-20(18)29-12-19(21)22(31)32/h1-12H,13H2,(H,31,32). The van der Waals surface area contributed by atoms with E-state index in [0.717, 1.165) is 28.7 Å². The van der Waals surface area contributed by atoms with Crippen LogP contribution in [0.15, 0.2) is 82.6 Å². The van der Waals surface area contributed by atoms with Crippen LogP contribution in [-0.4, -0.2) is 29.5 Å². The topological polar surface area (TPSA) is 100 Å². The van der Waals surface area contributed by atoms with Crippen LogP contribution in [0.5, 0.6) is 0 Å². The molecule has 180 valence electrons. The first-order valence-electron chi connectivity index (χ1n) is 9.89. The fourth-order valence-electron chi connectivity index (χ4n) is 3.46. The summed E-state index contributed by atoms with van der Waals surface area (Å²) in [6.07, 6.45) is -0.913. The number of nitrogens with zero attached hydrogens (tertiary/aromatic N) is 3. The number of sulfonamides is 1. The molecule has 7 nitrogen and oxygen atoms in total. The minimum Gasteiger partial charge on any atom is -0.478 e. The lowest BCUT2D eigenvalue weighted by Gasteiger charge is -2.27. The molecule has 4 rings (SSSR count). The second kappa shape index (κ2) is 9.27. The zero-order valence-electron chi connectivity index (χ0n) is 17.6. The molecule has 2 heterocycles. The summed E-state index contributed by atoms with van der Waals surface area (Å²) < 4.78 is 68.9. The van der Waals surface area contributed by atoms with Gasteiger partial charge in [-0.15, -0.1) is 0 Å². The van der Waals surface area contributed by atoms with E-state index >= 15 is 0 Å². The third-order valence-corrected chi connectivity index (χ3v) is 7.39. The average Bonchev–Trinajstić information content (AvgIpc) is 2.81. The maximum Gasteiger partial charge on any atom is 0.416 e. The van der Waals surface area contributed by atoms with Crippen LogP contribution >= 0.6 is 15.9 Å². The van der Waals surface area contributed by atoms with Crippen molar-refractivity contribution in [3.63, 3.8) is 0 Å². The highest BCUT2D eigenvalue weighted by Crippen LogP contribution is 2.38. The monoisotopic (exact) mass is 565 g/mol. The second-order valence-corrected chi connectivity index (χ2v) is 10.2. The number of hydrogen-bond acceptors (Lipinski definition) is 5. The lowest BCUT2D eigenvalue weighted by Crippen LogP contribution is -2.32. The van der Waals surface area contributed by atoms with Gasteiger partial charge in [0.2, 0.25) is 0 Å². The molecule has 4 aromatic rings. The van der Waals surface area contributed by atoms with Crippen molar-refractivity contribution in [3.05, 3.63) is 94.4 Å². The van der Waals surface area contributed by atoms with Gasteiger partial charge in [0.15, 0.2) is 0 Å². The maximum atomic E-state index is 13.8. The number of pyridine rings is 2. The van der Waals surface area contributed by atoms with Crippen molar-refractivity contribution < 1.29 is 31.5 Å². The molecule has 12 heteroatoms. The van der Waals surface area contributed by atoms with E-state index in [4.69, 9.17) is 0 Å². The number of benzene rings is 2. The number of anilines is 1. The van der Waals surface area contributed by atoms with E-state index in [0.29, 0.717) is 10.0 Å². The van der Waals surface area contributed by atoms with E-state index in [-0.39, 0.29) is 28.0 Å². The Kier molecular flexibility index (Phi) is 6.52. The smallest absolute Gasteiger partial charge is 0.416 e. The summed E-state index contributed by atoms with van der Waals surface area (Å²) in [6.45, 7) is -0.327. The minimum absolute atomic E-state index is 0.0672. The van der Waals surface area contributed by atoms with E-state index in [9.17, 15) is 31.5 Å². The van der Waals surface area contributed by atoms with Gasteiger partial charge in [-0.05, 0) is 48.0 Å². The highest BCUT2D eigenvalue weighted by Gasteiger charge is 2.34. The first kappa shape index (κ1) is 24.6. The molecule has 0 aliphatic rings. The van der Waals surface area contributed by atoms with Crippen molar-refractivity contribution in [1.82, 2.24) is 9.97 Å². The molecule has 2 aromatic heterocycles. The zero-order chi connectivity index (χ0) is 25.4. The van der Waals surface area contributed by atoms with Gasteiger partial charge in [0.25, 0.3) is 10.0 Å². The van der Waals surface area contributed by atoms with E-state index < -0.39 is 33.3 Å². The van der Waals surface area contributed by atoms with Gasteiger partial charge in [-0.2, -0.15) is 13.2 Å². The second-order valence-electron chi connectivity index (χ2n) is 7.38. The molecule has 0 atom stereocenters. The van der Waals surface area contributed by atoms with E-state index in [2.05, 4.69) is 25.9 Å². The van der Waals surface area contributed by atoms with Gasteiger partial charge in [0.05, 0.1) is 28.2 Å². The van der Waals surface area contributed by atoms with Crippen LogP contribution in [0.1, 0.15) is 21.5 Å². The van der Waals surface area contributed by atoms with Crippen LogP contribution in [0.3, 0.4) is 0 Å². The molecule has 1 N–H and O–H groups in total. The van der Waals surface area contributed by atoms with Gasteiger partial charge < -0.3 is 5.11 Å². The molecular weight excluding hydrogens is 551 g/mol. The van der Waals surface area contributed by atoms with Crippen LogP contribution in [0.2, 0.25) is 0 Å². The van der Waals surface area contributed by atoms with E-state index in [1.165, 1.54) is 36.7 Å². The number of alkyl halides is 3. The largest absolute Gasteiger partial charge is 0.478 e. The molecule has 0 spiro atoms. The molecule has 0 bridgehead atoms. The summed E-state index contributed by atoms with van der Waals surface area (Å²) in [5, 5.41) is 9.77. The number of carboxylic acids is 1. The normalized spacial score (nSPS) is 12.0. The Morgan fingerprint density at radius 3 is 2.37 bits per heavy atom. The number of rotatable bonds is 6. The van der Waals surface area contributed by atoms with Crippen molar-refractivity contribution >= 4 is 48.5 Å². The highest BCUT2D eigenvalue weighted by atomic mass is 79.9. The van der Waals surface area contributed by atoms with Crippen LogP contribution in [0.4, 0.5) is 18.9 Å². The Balaban J connectivity index is 2.02. The molecule has 0 saturated heterocycles. The van der Waals surface area contributed by atoms with Crippen molar-refractivity contribution in [2.24, 2.45) is 0 Å². The Morgan fingerprint density at radius 2 is 1.77 bits per heavy atom. The summed E-state index contributed by atoms with van der Waals surface area (Å²) in [4.78, 5) is 19.8. The molecule has 2 aromatic carbocycles. The third-order valence-electron chi connectivity index (χ3n) is 5.10. The fourth-order valence-corrected chi connectivity index (χ4v) is 5.21. The lowest BCUT2D eigenvalue weighted by molar-refractivity contribution is -0.137. The average molecular weight is 566 g/mol. The number of fused-ring (bicyclic) bond motifs is 1. The van der Waals surface area contributed by atoms with Crippen LogP contribution in [0, 0.1) is 0 Å². The number of carboxylic acid groups (broad SMARTS) is 1. The third kappa shape index (κ3) is 4.98. The highest BCUT2D eigenvalue weighted by molar-refractivity contribution is 9.10. The van der Waals surface area contributed by atoms with E-state index in [1.54, 1.807) is 12.1 Å². The molecule has 0 radical (unpaired) electrons. The molecule has 0 saturated carbocycles. The first-order valence-corrected chi connectivity index (χ1v) is 12.1. The SMILES string of the molecule is O=C(O)c1cnc2cc(C(F)(F)F)ccc2c1N(Cc1cccnc1)S(=O)(=O)c1ccc(Br)cc1. The van der Waals surface area contributed by atoms with Crippen molar-refractivity contribution in [1.29, 1.82) is 0 Å². The van der Waals surface area contributed by atoms with Gasteiger partial charge in [0.1, 0.15) is 5.56 Å². The Hall–Kier alpha value is -3.51. The number of hydrogen-bond donors (Lipinski definition) is 1. The number of halogens is 4. The fraction of sp³-hybridized carbons (Fsp3) is 0.0870. The van der Waals surface area contributed by atoms with E-state index in [1.807, 2.05) is 0 Å². The number of carbonyl (C=O) groups is 1. The molecule has 0 aliphatic heterocycles. The van der Waals surface area contributed by atoms with Crippen molar-refractivity contribution in [3.8, 4) is 0 Å². The van der Waals surface area contributed by atoms with Gasteiger partial charge in [-0.3, -0.25) is 14.3 Å². The van der Waals surface area contributed by atoms with Crippen LogP contribution in [0.25, 0.3) is 10.9 Å². The quantitative estimate of drug-likeness (QED) is 0.331.